The molecule has 2 rings (SSSR count). The average Bonchev–Trinajstić information content (AvgIpc) is 2.63. The predicted octanol–water partition coefficient (Wildman–Crippen LogP) is 3.61. The van der Waals surface area contributed by atoms with Gasteiger partial charge in [0.1, 0.15) is 0 Å². The van der Waals surface area contributed by atoms with Gasteiger partial charge < -0.3 is 20.1 Å². The maximum atomic E-state index is 5.88. The van der Waals surface area contributed by atoms with Crippen molar-refractivity contribution in [3.05, 3.63) is 58.6 Å². The number of benzene rings is 2. The smallest absolute Gasteiger partial charge is 0.166 e. The molecule has 0 saturated heterocycles. The molecule has 0 aliphatic carbocycles. The van der Waals surface area contributed by atoms with Crippen molar-refractivity contribution in [3.63, 3.8) is 0 Å². The van der Waals surface area contributed by atoms with Gasteiger partial charge in [-0.1, -0.05) is 29.8 Å². The number of hydrogen-bond donors (Lipinski definition) is 2. The van der Waals surface area contributed by atoms with Crippen molar-refractivity contribution in [2.75, 3.05) is 27.3 Å². The molecule has 6 heteroatoms. The van der Waals surface area contributed by atoms with Crippen molar-refractivity contribution in [2.24, 2.45) is 0 Å². The van der Waals surface area contributed by atoms with Crippen LogP contribution in [0.2, 0.25) is 5.02 Å². The minimum absolute atomic E-state index is 0.662. The van der Waals surface area contributed by atoms with E-state index in [0.717, 1.165) is 48.0 Å². The minimum atomic E-state index is 0.662. The Morgan fingerprint density at radius 1 is 0.880 bits per heavy atom. The van der Waals surface area contributed by atoms with Crippen LogP contribution in [-0.2, 0) is 12.8 Å². The minimum Gasteiger partial charge on any atom is -0.493 e. The van der Waals surface area contributed by atoms with Gasteiger partial charge in [-0.15, -0.1) is 0 Å². The molecule has 2 aromatic carbocycles. The van der Waals surface area contributed by atoms with Gasteiger partial charge in [-0.2, -0.15) is 0 Å². The van der Waals surface area contributed by atoms with Crippen LogP contribution >= 0.6 is 23.8 Å². The van der Waals surface area contributed by atoms with Crippen molar-refractivity contribution >= 4 is 28.9 Å². The Labute approximate surface area is 159 Å². The second-order valence-electron chi connectivity index (χ2n) is 5.50. The summed E-state index contributed by atoms with van der Waals surface area (Å²) in [4.78, 5) is 0. The van der Waals surface area contributed by atoms with Crippen LogP contribution in [0.4, 0.5) is 0 Å². The molecule has 0 aliphatic rings. The van der Waals surface area contributed by atoms with E-state index in [1.165, 1.54) is 5.56 Å². The van der Waals surface area contributed by atoms with E-state index >= 15 is 0 Å². The molecule has 0 bridgehead atoms. The van der Waals surface area contributed by atoms with Crippen LogP contribution in [0.15, 0.2) is 42.5 Å². The zero-order valence-electron chi connectivity index (χ0n) is 14.5. The third-order valence-corrected chi connectivity index (χ3v) is 4.30. The molecule has 134 valence electrons. The summed E-state index contributed by atoms with van der Waals surface area (Å²) >= 11 is 11.2. The van der Waals surface area contributed by atoms with Crippen LogP contribution in [0.1, 0.15) is 11.1 Å². The molecular formula is C19H23ClN2O2S. The van der Waals surface area contributed by atoms with Gasteiger partial charge >= 0.3 is 0 Å². The van der Waals surface area contributed by atoms with E-state index in [0.29, 0.717) is 5.11 Å². The fourth-order valence-electron chi connectivity index (χ4n) is 2.39. The zero-order valence-corrected chi connectivity index (χ0v) is 16.0. The monoisotopic (exact) mass is 378 g/mol. The highest BCUT2D eigenvalue weighted by Gasteiger charge is 2.04. The lowest BCUT2D eigenvalue weighted by molar-refractivity contribution is 0.354. The summed E-state index contributed by atoms with van der Waals surface area (Å²) in [6, 6.07) is 13.8. The Bertz CT molecular complexity index is 692. The lowest BCUT2D eigenvalue weighted by Crippen LogP contribution is -2.37. The molecule has 2 N–H and O–H groups in total. The van der Waals surface area contributed by atoms with E-state index in [2.05, 4.69) is 10.6 Å². The van der Waals surface area contributed by atoms with Gasteiger partial charge in [-0.3, -0.25) is 0 Å². The number of thiocarbonyl (C=S) groups is 1. The molecule has 0 saturated carbocycles. The van der Waals surface area contributed by atoms with Crippen molar-refractivity contribution in [3.8, 4) is 11.5 Å². The summed E-state index contributed by atoms with van der Waals surface area (Å²) in [6.07, 6.45) is 1.74. The molecule has 25 heavy (non-hydrogen) atoms. The first-order valence-corrected chi connectivity index (χ1v) is 8.88. The average molecular weight is 379 g/mol. The van der Waals surface area contributed by atoms with Crippen LogP contribution in [0.25, 0.3) is 0 Å². The highest BCUT2D eigenvalue weighted by atomic mass is 35.5. The summed E-state index contributed by atoms with van der Waals surface area (Å²) in [6.45, 7) is 1.53. The van der Waals surface area contributed by atoms with Crippen LogP contribution in [0, 0.1) is 0 Å². The molecule has 0 aliphatic heterocycles. The molecule has 4 nitrogen and oxygen atoms in total. The largest absolute Gasteiger partial charge is 0.493 e. The van der Waals surface area contributed by atoms with Crippen molar-refractivity contribution in [1.29, 1.82) is 0 Å². The summed E-state index contributed by atoms with van der Waals surface area (Å²) in [7, 11) is 3.27. The molecule has 0 heterocycles. The normalized spacial score (nSPS) is 10.2. The molecule has 0 radical (unpaired) electrons. The Morgan fingerprint density at radius 2 is 1.44 bits per heavy atom. The lowest BCUT2D eigenvalue weighted by atomic mass is 10.1. The highest BCUT2D eigenvalue weighted by Crippen LogP contribution is 2.27. The SMILES string of the molecule is COc1ccc(CCNC(=S)NCCc2ccc(Cl)cc2)cc1OC. The number of methoxy groups -OCH3 is 2. The van der Waals surface area contributed by atoms with Gasteiger partial charge in [0.25, 0.3) is 0 Å². The van der Waals surface area contributed by atoms with E-state index in [4.69, 9.17) is 33.3 Å². The van der Waals surface area contributed by atoms with Gasteiger partial charge in [-0.05, 0) is 60.5 Å². The summed E-state index contributed by atoms with van der Waals surface area (Å²) < 4.78 is 10.6. The Hall–Kier alpha value is -1.98. The van der Waals surface area contributed by atoms with Gasteiger partial charge in [0.05, 0.1) is 14.2 Å². The number of halogens is 1. The number of rotatable bonds is 8. The van der Waals surface area contributed by atoms with Crippen molar-refractivity contribution in [2.45, 2.75) is 12.8 Å². The number of ether oxygens (including phenoxy) is 2. The van der Waals surface area contributed by atoms with Crippen molar-refractivity contribution < 1.29 is 9.47 Å². The second-order valence-corrected chi connectivity index (χ2v) is 6.34. The summed E-state index contributed by atoms with van der Waals surface area (Å²) in [5.74, 6) is 1.47. The van der Waals surface area contributed by atoms with Crippen LogP contribution < -0.4 is 20.1 Å². The first-order valence-electron chi connectivity index (χ1n) is 8.09. The zero-order chi connectivity index (χ0) is 18.1. The Balaban J connectivity index is 1.69. The van der Waals surface area contributed by atoms with Crippen molar-refractivity contribution in [1.82, 2.24) is 10.6 Å². The van der Waals surface area contributed by atoms with E-state index in [-0.39, 0.29) is 0 Å². The van der Waals surface area contributed by atoms with Gasteiger partial charge in [-0.25, -0.2) is 0 Å². The van der Waals surface area contributed by atoms with Crippen LogP contribution in [0.3, 0.4) is 0 Å². The lowest BCUT2D eigenvalue weighted by Gasteiger charge is -2.12. The topological polar surface area (TPSA) is 42.5 Å². The fraction of sp³-hybridized carbons (Fsp3) is 0.316. The molecule has 0 aromatic heterocycles. The third kappa shape index (κ3) is 6.44. The standard InChI is InChI=1S/C19H23ClN2O2S/c1-23-17-8-5-15(13-18(17)24-2)10-12-22-19(25)21-11-9-14-3-6-16(20)7-4-14/h3-8,13H,9-12H2,1-2H3,(H2,21,22,25). The maximum absolute atomic E-state index is 5.88. The van der Waals surface area contributed by atoms with Gasteiger partial charge in [0, 0.05) is 18.1 Å². The highest BCUT2D eigenvalue weighted by molar-refractivity contribution is 7.80. The first-order chi connectivity index (χ1) is 12.1. The molecule has 0 amide bonds. The van der Waals surface area contributed by atoms with E-state index in [9.17, 15) is 0 Å². The Morgan fingerprint density at radius 3 is 2.04 bits per heavy atom. The molecule has 2 aromatic rings. The number of hydrogen-bond acceptors (Lipinski definition) is 3. The fourth-order valence-corrected chi connectivity index (χ4v) is 2.72. The first kappa shape index (κ1) is 19.3. The molecule has 0 fully saturated rings. The third-order valence-electron chi connectivity index (χ3n) is 3.76. The van der Waals surface area contributed by atoms with Gasteiger partial charge in [0.2, 0.25) is 0 Å². The predicted molar refractivity (Wildman–Crippen MR) is 107 cm³/mol. The number of nitrogens with one attached hydrogen (secondary N) is 2. The molecule has 0 spiro atoms. The Kier molecular flexibility index (Phi) is 7.82. The molecular weight excluding hydrogens is 356 g/mol. The van der Waals surface area contributed by atoms with E-state index in [1.807, 2.05) is 42.5 Å². The van der Waals surface area contributed by atoms with E-state index in [1.54, 1.807) is 14.2 Å². The molecule has 0 atom stereocenters. The summed E-state index contributed by atoms with van der Waals surface area (Å²) in [5.41, 5.74) is 2.39. The van der Waals surface area contributed by atoms with Crippen LogP contribution in [-0.4, -0.2) is 32.4 Å². The quantitative estimate of drug-likeness (QED) is 0.687. The van der Waals surface area contributed by atoms with Crippen LogP contribution in [0.5, 0.6) is 11.5 Å². The van der Waals surface area contributed by atoms with Gasteiger partial charge in [0.15, 0.2) is 16.6 Å². The summed E-state index contributed by atoms with van der Waals surface area (Å²) in [5, 5.41) is 7.85. The van der Waals surface area contributed by atoms with E-state index < -0.39 is 0 Å². The maximum Gasteiger partial charge on any atom is 0.166 e. The molecule has 0 unspecified atom stereocenters. The second kappa shape index (κ2) is 10.1.